The summed E-state index contributed by atoms with van der Waals surface area (Å²) in [5.41, 5.74) is 11.5. The highest BCUT2D eigenvalue weighted by molar-refractivity contribution is 9.11. The van der Waals surface area contributed by atoms with Gasteiger partial charge in [-0.25, -0.2) is 9.79 Å². The summed E-state index contributed by atoms with van der Waals surface area (Å²) in [5, 5.41) is 9.85. The number of nitrogens with two attached hydrogens (primary N) is 2. The van der Waals surface area contributed by atoms with Gasteiger partial charge in [0.05, 0.1) is 10.7 Å². The quantitative estimate of drug-likeness (QED) is 0.544. The van der Waals surface area contributed by atoms with Gasteiger partial charge in [0.25, 0.3) is 0 Å². The molecular formula is C15H16Br2ClN5O2. The molecule has 1 aliphatic carbocycles. The van der Waals surface area contributed by atoms with Crippen LogP contribution in [0, 0.1) is 0 Å². The second-order valence-corrected chi connectivity index (χ2v) is 8.09. The second kappa shape index (κ2) is 6.77. The maximum Gasteiger partial charge on any atom is 0.339 e. The Balaban J connectivity index is 2.28. The molecule has 2 aliphatic rings. The summed E-state index contributed by atoms with van der Waals surface area (Å²) in [6.45, 7) is 0. The lowest BCUT2D eigenvalue weighted by molar-refractivity contribution is 0.0697. The van der Waals surface area contributed by atoms with Gasteiger partial charge in [-0.2, -0.15) is 4.99 Å². The van der Waals surface area contributed by atoms with E-state index in [4.69, 9.17) is 23.1 Å². The third-order valence-electron chi connectivity index (χ3n) is 4.43. The fourth-order valence-electron chi connectivity index (χ4n) is 3.44. The Hall–Kier alpha value is -1.32. The van der Waals surface area contributed by atoms with Gasteiger partial charge in [0.1, 0.15) is 11.2 Å². The molecule has 0 aromatic heterocycles. The molecule has 5 N–H and O–H groups in total. The van der Waals surface area contributed by atoms with E-state index in [0.29, 0.717) is 27.5 Å². The molecule has 0 radical (unpaired) electrons. The molecule has 3 rings (SSSR count). The van der Waals surface area contributed by atoms with Gasteiger partial charge in [-0.15, -0.1) is 0 Å². The standard InChI is InChI=1S/C15H16Br2ClN5O2/c16-7-6-8(17)11(9(10(7)18)12(24)25)23-14(20)21-13(19)22-15(23)4-2-1-3-5-15/h6H,1-5H2,(H,24,25)(H4,19,20,21,22). The van der Waals surface area contributed by atoms with Crippen molar-refractivity contribution in [3.05, 3.63) is 25.6 Å². The molecule has 1 aliphatic heterocycles. The molecule has 0 amide bonds. The Bertz CT molecular complexity index is 806. The maximum atomic E-state index is 11.9. The van der Waals surface area contributed by atoms with Crippen LogP contribution in [-0.2, 0) is 0 Å². The van der Waals surface area contributed by atoms with E-state index in [9.17, 15) is 9.90 Å². The summed E-state index contributed by atoms with van der Waals surface area (Å²) >= 11 is 13.0. The van der Waals surface area contributed by atoms with Gasteiger partial charge in [0.15, 0.2) is 0 Å². The summed E-state index contributed by atoms with van der Waals surface area (Å²) in [5.74, 6) is -0.953. The predicted molar refractivity (Wildman–Crippen MR) is 105 cm³/mol. The molecule has 10 heteroatoms. The highest BCUT2D eigenvalue weighted by Gasteiger charge is 2.45. The number of carboxylic acids is 1. The van der Waals surface area contributed by atoms with Crippen LogP contribution in [0.3, 0.4) is 0 Å². The third kappa shape index (κ3) is 3.13. The average molecular weight is 494 g/mol. The molecule has 25 heavy (non-hydrogen) atoms. The smallest absolute Gasteiger partial charge is 0.339 e. The van der Waals surface area contributed by atoms with Crippen LogP contribution in [0.2, 0.25) is 5.02 Å². The van der Waals surface area contributed by atoms with Crippen LogP contribution in [0.4, 0.5) is 5.69 Å². The first-order valence-corrected chi connectivity index (χ1v) is 9.64. The van der Waals surface area contributed by atoms with Crippen LogP contribution in [0.25, 0.3) is 0 Å². The Morgan fingerprint density at radius 3 is 2.48 bits per heavy atom. The lowest BCUT2D eigenvalue weighted by Crippen LogP contribution is -2.58. The van der Waals surface area contributed by atoms with Crippen molar-refractivity contribution in [1.29, 1.82) is 0 Å². The summed E-state index contributed by atoms with van der Waals surface area (Å²) in [4.78, 5) is 22.2. The molecule has 0 saturated heterocycles. The number of carbonyl (C=O) groups is 1. The summed E-state index contributed by atoms with van der Waals surface area (Å²) in [6, 6.07) is 1.69. The normalized spacial score (nSPS) is 19.6. The molecule has 1 spiro atoms. The van der Waals surface area contributed by atoms with Crippen molar-refractivity contribution in [2.24, 2.45) is 21.5 Å². The fourth-order valence-corrected chi connectivity index (χ4v) is 5.01. The number of hydrogen-bond donors (Lipinski definition) is 3. The molecule has 134 valence electrons. The van der Waals surface area contributed by atoms with Crippen LogP contribution < -0.4 is 16.4 Å². The first kappa shape index (κ1) is 18.5. The maximum absolute atomic E-state index is 11.9. The van der Waals surface area contributed by atoms with E-state index in [-0.39, 0.29) is 22.5 Å². The molecule has 1 aromatic rings. The average Bonchev–Trinajstić information content (AvgIpc) is 2.51. The Morgan fingerprint density at radius 2 is 1.88 bits per heavy atom. The van der Waals surface area contributed by atoms with Gasteiger partial charge in [0, 0.05) is 8.95 Å². The lowest BCUT2D eigenvalue weighted by Gasteiger charge is -2.46. The number of aromatic carboxylic acids is 1. The third-order valence-corrected chi connectivity index (χ3v) is 6.29. The summed E-state index contributed by atoms with van der Waals surface area (Å²) in [6.07, 6.45) is 4.35. The molecule has 0 atom stereocenters. The Labute approximate surface area is 166 Å². The zero-order valence-electron chi connectivity index (χ0n) is 13.1. The lowest BCUT2D eigenvalue weighted by atomic mass is 9.87. The van der Waals surface area contributed by atoms with E-state index in [1.807, 2.05) is 0 Å². The fraction of sp³-hybridized carbons (Fsp3) is 0.400. The molecular weight excluding hydrogens is 477 g/mol. The van der Waals surface area contributed by atoms with Crippen molar-refractivity contribution in [3.63, 3.8) is 0 Å². The zero-order chi connectivity index (χ0) is 18.4. The monoisotopic (exact) mass is 491 g/mol. The highest BCUT2D eigenvalue weighted by atomic mass is 79.9. The van der Waals surface area contributed by atoms with Gasteiger partial charge < -0.3 is 16.6 Å². The molecule has 7 nitrogen and oxygen atoms in total. The van der Waals surface area contributed by atoms with E-state index in [0.717, 1.165) is 19.3 Å². The minimum absolute atomic E-state index is 0.0679. The van der Waals surface area contributed by atoms with Crippen LogP contribution in [0.5, 0.6) is 0 Å². The van der Waals surface area contributed by atoms with Crippen molar-refractivity contribution in [3.8, 4) is 0 Å². The van der Waals surface area contributed by atoms with Gasteiger partial charge in [0.2, 0.25) is 11.9 Å². The van der Waals surface area contributed by atoms with Crippen molar-refractivity contribution >= 4 is 67.0 Å². The van der Waals surface area contributed by atoms with Gasteiger partial charge in [-0.05, 0) is 63.6 Å². The first-order valence-electron chi connectivity index (χ1n) is 7.67. The summed E-state index contributed by atoms with van der Waals surface area (Å²) < 4.78 is 0.996. The van der Waals surface area contributed by atoms with Crippen molar-refractivity contribution in [2.75, 3.05) is 4.90 Å². The van der Waals surface area contributed by atoms with Crippen LogP contribution in [-0.4, -0.2) is 28.7 Å². The number of nitrogens with zero attached hydrogens (tertiary/aromatic N) is 3. The van der Waals surface area contributed by atoms with Crippen molar-refractivity contribution in [2.45, 2.75) is 37.8 Å². The molecule has 1 fully saturated rings. The van der Waals surface area contributed by atoms with E-state index < -0.39 is 11.6 Å². The van der Waals surface area contributed by atoms with Gasteiger partial charge in [-0.3, -0.25) is 4.90 Å². The van der Waals surface area contributed by atoms with E-state index in [2.05, 4.69) is 41.8 Å². The molecule has 1 saturated carbocycles. The minimum Gasteiger partial charge on any atom is -0.478 e. The summed E-state index contributed by atoms with van der Waals surface area (Å²) in [7, 11) is 0. The van der Waals surface area contributed by atoms with E-state index in [1.165, 1.54) is 0 Å². The number of halogens is 3. The number of carboxylic acid groups (broad SMARTS) is 1. The topological polar surface area (TPSA) is 117 Å². The molecule has 1 heterocycles. The van der Waals surface area contributed by atoms with Crippen LogP contribution >= 0.6 is 43.5 Å². The van der Waals surface area contributed by atoms with Gasteiger partial charge >= 0.3 is 5.97 Å². The van der Waals surface area contributed by atoms with Crippen LogP contribution in [0.15, 0.2) is 25.0 Å². The first-order chi connectivity index (χ1) is 11.8. The number of benzene rings is 1. The minimum atomic E-state index is -1.16. The second-order valence-electron chi connectivity index (χ2n) is 6.00. The van der Waals surface area contributed by atoms with Crippen molar-refractivity contribution in [1.82, 2.24) is 0 Å². The Kier molecular flexibility index (Phi) is 5.00. The number of rotatable bonds is 2. The van der Waals surface area contributed by atoms with E-state index in [1.54, 1.807) is 11.0 Å². The number of hydrogen-bond acceptors (Lipinski definition) is 6. The highest BCUT2D eigenvalue weighted by Crippen LogP contribution is 2.46. The number of anilines is 1. The van der Waals surface area contributed by atoms with Gasteiger partial charge in [-0.1, -0.05) is 18.0 Å². The Morgan fingerprint density at radius 1 is 1.24 bits per heavy atom. The SMILES string of the molecule is NC1=NC2(CCCCC2)N(c2c(Br)cc(Br)c(Cl)c2C(=O)O)C(N)=N1. The largest absolute Gasteiger partial charge is 0.478 e. The predicted octanol–water partition coefficient (Wildman–Crippen LogP) is 3.67. The zero-order valence-corrected chi connectivity index (χ0v) is 17.0. The van der Waals surface area contributed by atoms with Crippen molar-refractivity contribution < 1.29 is 9.90 Å². The molecule has 0 bridgehead atoms. The molecule has 0 unspecified atom stereocenters. The van der Waals surface area contributed by atoms with Crippen LogP contribution in [0.1, 0.15) is 42.5 Å². The van der Waals surface area contributed by atoms with E-state index >= 15 is 0 Å². The molecule has 1 aromatic carbocycles. The number of guanidine groups is 2. The number of aliphatic imine (C=N–C) groups is 2.